The summed E-state index contributed by atoms with van der Waals surface area (Å²) in [7, 11) is 1.37. The maximum Gasteiger partial charge on any atom is 0.339 e. The number of methoxy groups -OCH3 is 1. The second-order valence-corrected chi connectivity index (χ2v) is 7.75. The molecular formula is C20H30N2O3. The number of fused-ring (bicyclic) bond motifs is 1. The van der Waals surface area contributed by atoms with Crippen molar-refractivity contribution in [2.24, 2.45) is 11.8 Å². The second kappa shape index (κ2) is 7.32. The normalized spacial score (nSPS) is 25.3. The van der Waals surface area contributed by atoms with E-state index in [4.69, 9.17) is 4.74 Å². The number of hydrogen-bond donors (Lipinski definition) is 1. The molecule has 1 saturated carbocycles. The topological polar surface area (TPSA) is 62.4 Å². The maximum atomic E-state index is 13.1. The van der Waals surface area contributed by atoms with Crippen LogP contribution in [-0.4, -0.2) is 47.9 Å². The highest BCUT2D eigenvalue weighted by Crippen LogP contribution is 2.37. The first kappa shape index (κ1) is 18.2. The van der Waals surface area contributed by atoms with Crippen molar-refractivity contribution in [1.29, 1.82) is 0 Å². The number of nitrogens with one attached hydrogen (secondary N) is 1. The van der Waals surface area contributed by atoms with E-state index in [1.165, 1.54) is 39.2 Å². The summed E-state index contributed by atoms with van der Waals surface area (Å²) >= 11 is 0. The van der Waals surface area contributed by atoms with Gasteiger partial charge in [0.05, 0.1) is 24.4 Å². The Kier molecular flexibility index (Phi) is 5.32. The number of nitrogens with zero attached hydrogens (tertiary/aromatic N) is 1. The van der Waals surface area contributed by atoms with Crippen molar-refractivity contribution >= 4 is 11.8 Å². The van der Waals surface area contributed by atoms with Crippen LogP contribution in [0.25, 0.3) is 0 Å². The zero-order valence-electron chi connectivity index (χ0n) is 15.9. The van der Waals surface area contributed by atoms with Gasteiger partial charge < -0.3 is 9.72 Å². The SMILES string of the molecule is COC(=O)c1c(C)[nH]c(C(=O)[C@H](C)N2CC[C@H]3CCCC[C@@H]3C2)c1C. The number of ketones is 1. The first-order valence-corrected chi connectivity index (χ1v) is 9.49. The molecular weight excluding hydrogens is 316 g/mol. The van der Waals surface area contributed by atoms with Crippen molar-refractivity contribution in [3.63, 3.8) is 0 Å². The molecule has 5 heteroatoms. The number of Topliss-reactive ketones (excluding diaryl/α,β-unsaturated/α-hetero) is 1. The smallest absolute Gasteiger partial charge is 0.339 e. The van der Waals surface area contributed by atoms with Crippen LogP contribution in [0.3, 0.4) is 0 Å². The molecule has 0 bridgehead atoms. The van der Waals surface area contributed by atoms with Gasteiger partial charge in [0.25, 0.3) is 0 Å². The van der Waals surface area contributed by atoms with E-state index in [0.29, 0.717) is 22.5 Å². The summed E-state index contributed by atoms with van der Waals surface area (Å²) in [5, 5.41) is 0. The van der Waals surface area contributed by atoms with E-state index in [1.54, 1.807) is 0 Å². The fraction of sp³-hybridized carbons (Fsp3) is 0.700. The van der Waals surface area contributed by atoms with Crippen LogP contribution in [0.15, 0.2) is 0 Å². The second-order valence-electron chi connectivity index (χ2n) is 7.75. The van der Waals surface area contributed by atoms with Gasteiger partial charge in [-0.2, -0.15) is 0 Å². The lowest BCUT2D eigenvalue weighted by atomic mass is 9.75. The van der Waals surface area contributed by atoms with Crippen LogP contribution in [0.4, 0.5) is 0 Å². The number of piperidine rings is 1. The van der Waals surface area contributed by atoms with E-state index in [1.807, 2.05) is 20.8 Å². The monoisotopic (exact) mass is 346 g/mol. The Labute approximate surface area is 150 Å². The standard InChI is InChI=1S/C20H30N2O3/c1-12-17(20(24)25-4)13(2)21-18(12)19(23)14(3)22-10-9-15-7-5-6-8-16(15)11-22/h14-16,21H,5-11H2,1-4H3/t14-,15+,16+/m0/s1. The summed E-state index contributed by atoms with van der Waals surface area (Å²) in [6.45, 7) is 7.66. The van der Waals surface area contributed by atoms with Crippen LogP contribution in [-0.2, 0) is 4.74 Å². The molecule has 1 saturated heterocycles. The Hall–Kier alpha value is -1.62. The van der Waals surface area contributed by atoms with Crippen molar-refractivity contribution in [3.05, 3.63) is 22.5 Å². The van der Waals surface area contributed by atoms with Crippen molar-refractivity contribution in [1.82, 2.24) is 9.88 Å². The zero-order chi connectivity index (χ0) is 18.1. The van der Waals surface area contributed by atoms with Gasteiger partial charge in [0.1, 0.15) is 0 Å². The number of carbonyl (C=O) groups excluding carboxylic acids is 2. The third kappa shape index (κ3) is 3.39. The molecule has 0 unspecified atom stereocenters. The van der Waals surface area contributed by atoms with Gasteiger partial charge in [-0.3, -0.25) is 9.69 Å². The van der Waals surface area contributed by atoms with Gasteiger partial charge in [0.15, 0.2) is 5.78 Å². The van der Waals surface area contributed by atoms with E-state index < -0.39 is 0 Å². The van der Waals surface area contributed by atoms with Gasteiger partial charge in [-0.25, -0.2) is 4.79 Å². The minimum atomic E-state index is -0.388. The predicted molar refractivity (Wildman–Crippen MR) is 97.0 cm³/mol. The first-order valence-electron chi connectivity index (χ1n) is 9.49. The van der Waals surface area contributed by atoms with Crippen LogP contribution in [0.1, 0.15) is 71.1 Å². The molecule has 1 aromatic rings. The quantitative estimate of drug-likeness (QED) is 0.669. The molecule has 0 radical (unpaired) electrons. The molecule has 2 heterocycles. The summed E-state index contributed by atoms with van der Waals surface area (Å²) in [5.41, 5.74) is 2.44. The number of carbonyl (C=O) groups is 2. The highest BCUT2D eigenvalue weighted by Gasteiger charge is 2.35. The number of rotatable bonds is 4. The summed E-state index contributed by atoms with van der Waals surface area (Å²) in [5.74, 6) is 1.29. The van der Waals surface area contributed by atoms with Gasteiger partial charge in [-0.05, 0) is 57.6 Å². The third-order valence-corrected chi connectivity index (χ3v) is 6.32. The van der Waals surface area contributed by atoms with Gasteiger partial charge in [-0.1, -0.05) is 19.3 Å². The Balaban J connectivity index is 1.76. The maximum absolute atomic E-state index is 13.1. The highest BCUT2D eigenvalue weighted by atomic mass is 16.5. The summed E-state index contributed by atoms with van der Waals surface area (Å²) in [6.07, 6.45) is 6.56. The van der Waals surface area contributed by atoms with Gasteiger partial charge >= 0.3 is 5.97 Å². The lowest BCUT2D eigenvalue weighted by molar-refractivity contribution is 0.0515. The van der Waals surface area contributed by atoms with E-state index in [9.17, 15) is 9.59 Å². The Morgan fingerprint density at radius 1 is 1.16 bits per heavy atom. The average molecular weight is 346 g/mol. The fourth-order valence-electron chi connectivity index (χ4n) is 4.76. The Morgan fingerprint density at radius 3 is 2.52 bits per heavy atom. The largest absolute Gasteiger partial charge is 0.465 e. The molecule has 0 amide bonds. The molecule has 1 aromatic heterocycles. The fourth-order valence-corrected chi connectivity index (χ4v) is 4.76. The summed E-state index contributed by atoms with van der Waals surface area (Å²) in [4.78, 5) is 30.5. The predicted octanol–water partition coefficient (Wildman–Crippen LogP) is 3.50. The number of likely N-dealkylation sites (tertiary alicyclic amines) is 1. The third-order valence-electron chi connectivity index (χ3n) is 6.32. The van der Waals surface area contributed by atoms with E-state index in [2.05, 4.69) is 9.88 Å². The number of H-pyrrole nitrogens is 1. The van der Waals surface area contributed by atoms with Crippen molar-refractivity contribution in [2.45, 2.75) is 58.9 Å². The minimum Gasteiger partial charge on any atom is -0.465 e. The lowest BCUT2D eigenvalue weighted by Crippen LogP contribution is -2.48. The Bertz CT molecular complexity index is 664. The van der Waals surface area contributed by atoms with Crippen LogP contribution >= 0.6 is 0 Å². The molecule has 25 heavy (non-hydrogen) atoms. The number of aryl methyl sites for hydroxylation is 1. The van der Waals surface area contributed by atoms with Crippen LogP contribution in [0.2, 0.25) is 0 Å². The van der Waals surface area contributed by atoms with Crippen molar-refractivity contribution < 1.29 is 14.3 Å². The zero-order valence-corrected chi connectivity index (χ0v) is 15.9. The first-order chi connectivity index (χ1) is 11.9. The molecule has 3 atom stereocenters. The molecule has 2 aliphatic rings. The molecule has 0 spiro atoms. The molecule has 1 aliphatic heterocycles. The van der Waals surface area contributed by atoms with Crippen LogP contribution in [0.5, 0.6) is 0 Å². The highest BCUT2D eigenvalue weighted by molar-refractivity contribution is 6.03. The molecule has 138 valence electrons. The molecule has 0 aromatic carbocycles. The number of aromatic nitrogens is 1. The molecule has 3 rings (SSSR count). The van der Waals surface area contributed by atoms with E-state index in [-0.39, 0.29) is 17.8 Å². The molecule has 5 nitrogen and oxygen atoms in total. The minimum absolute atomic E-state index is 0.0741. The van der Waals surface area contributed by atoms with Gasteiger partial charge in [0.2, 0.25) is 0 Å². The Morgan fingerprint density at radius 2 is 1.84 bits per heavy atom. The number of aromatic amines is 1. The lowest BCUT2D eigenvalue weighted by Gasteiger charge is -2.43. The average Bonchev–Trinajstić information content (AvgIpc) is 2.93. The molecule has 1 aliphatic carbocycles. The summed E-state index contributed by atoms with van der Waals surface area (Å²) < 4.78 is 4.85. The molecule has 1 N–H and O–H groups in total. The van der Waals surface area contributed by atoms with Crippen LogP contribution in [0, 0.1) is 25.7 Å². The molecule has 2 fully saturated rings. The van der Waals surface area contributed by atoms with Gasteiger partial charge in [0, 0.05) is 12.2 Å². The van der Waals surface area contributed by atoms with E-state index in [0.717, 1.165) is 24.9 Å². The number of ether oxygens (including phenoxy) is 1. The van der Waals surface area contributed by atoms with Crippen LogP contribution < -0.4 is 0 Å². The van der Waals surface area contributed by atoms with E-state index >= 15 is 0 Å². The van der Waals surface area contributed by atoms with Gasteiger partial charge in [-0.15, -0.1) is 0 Å². The van der Waals surface area contributed by atoms with Crippen molar-refractivity contribution in [2.75, 3.05) is 20.2 Å². The number of esters is 1. The summed E-state index contributed by atoms with van der Waals surface area (Å²) in [6, 6.07) is -0.162. The van der Waals surface area contributed by atoms with Crippen molar-refractivity contribution in [3.8, 4) is 0 Å². The number of hydrogen-bond acceptors (Lipinski definition) is 4.